The van der Waals surface area contributed by atoms with Gasteiger partial charge >= 0.3 is 0 Å². The van der Waals surface area contributed by atoms with Gasteiger partial charge < -0.3 is 9.84 Å². The van der Waals surface area contributed by atoms with Gasteiger partial charge in [-0.1, -0.05) is 36.7 Å². The molecule has 1 aromatic carbocycles. The Morgan fingerprint density at radius 3 is 3.05 bits per heavy atom. The molecule has 0 bridgehead atoms. The molecule has 0 aliphatic carbocycles. The van der Waals surface area contributed by atoms with Gasteiger partial charge in [-0.3, -0.25) is 4.68 Å². The van der Waals surface area contributed by atoms with Crippen LogP contribution >= 0.6 is 11.6 Å². The smallest absolute Gasteiger partial charge is 0.134 e. The number of halogens is 1. The lowest BCUT2D eigenvalue weighted by atomic mass is 10.0. The van der Waals surface area contributed by atoms with Crippen LogP contribution < -0.4 is 4.74 Å². The molecule has 5 heteroatoms. The molecule has 0 amide bonds. The first kappa shape index (κ1) is 13.5. The summed E-state index contributed by atoms with van der Waals surface area (Å²) in [6.07, 6.45) is 2.12. The largest absolute Gasteiger partial charge is 0.487 e. The molecular weight excluding hydrogens is 276 g/mol. The van der Waals surface area contributed by atoms with Crippen LogP contribution in [0.1, 0.15) is 30.7 Å². The number of aliphatic hydroxyl groups excluding tert-OH is 1. The Bertz CT molecular complexity index is 587. The minimum Gasteiger partial charge on any atom is -0.487 e. The molecular formula is C15H17ClN2O2. The van der Waals surface area contributed by atoms with Crippen LogP contribution in [-0.2, 0) is 13.0 Å². The fourth-order valence-electron chi connectivity index (χ4n) is 2.62. The maximum atomic E-state index is 10.6. The summed E-state index contributed by atoms with van der Waals surface area (Å²) in [7, 11) is 0. The van der Waals surface area contributed by atoms with Gasteiger partial charge in [0.1, 0.15) is 18.0 Å². The van der Waals surface area contributed by atoms with Crippen LogP contribution in [0.25, 0.3) is 0 Å². The van der Waals surface area contributed by atoms with Crippen molar-refractivity contribution in [2.24, 2.45) is 0 Å². The number of rotatable bonds is 4. The Balaban J connectivity index is 1.84. The fraction of sp³-hybridized carbons (Fsp3) is 0.400. The Morgan fingerprint density at radius 1 is 1.50 bits per heavy atom. The molecule has 0 fully saturated rings. The second-order valence-electron chi connectivity index (χ2n) is 5.01. The van der Waals surface area contributed by atoms with Gasteiger partial charge in [0, 0.05) is 13.0 Å². The predicted octanol–water partition coefficient (Wildman–Crippen LogP) is 2.98. The Kier molecular flexibility index (Phi) is 3.68. The minimum atomic E-state index is -0.774. The minimum absolute atomic E-state index is 0.308. The van der Waals surface area contributed by atoms with Crippen molar-refractivity contribution in [3.8, 4) is 5.75 Å². The number of nitrogens with zero attached hydrogens (tertiary/aromatic N) is 2. The van der Waals surface area contributed by atoms with Crippen LogP contribution in [0.2, 0.25) is 5.02 Å². The van der Waals surface area contributed by atoms with E-state index >= 15 is 0 Å². The standard InChI is InChI=1S/C15H17ClN2O2/c1-2-7-18-14(11(16)9-17-18)15(19)13-8-10-5-3-4-6-12(10)20-13/h3-6,9,13,15,19H,2,7-8H2,1H3. The summed E-state index contributed by atoms with van der Waals surface area (Å²) in [4.78, 5) is 0. The Labute approximate surface area is 122 Å². The molecule has 1 aromatic heterocycles. The molecule has 0 spiro atoms. The summed E-state index contributed by atoms with van der Waals surface area (Å²) in [6.45, 7) is 2.80. The highest BCUT2D eigenvalue weighted by atomic mass is 35.5. The van der Waals surface area contributed by atoms with E-state index in [4.69, 9.17) is 16.3 Å². The number of ether oxygens (including phenoxy) is 1. The van der Waals surface area contributed by atoms with Gasteiger partial charge in [0.15, 0.2) is 0 Å². The third kappa shape index (κ3) is 2.30. The van der Waals surface area contributed by atoms with E-state index in [9.17, 15) is 5.11 Å². The van der Waals surface area contributed by atoms with Crippen LogP contribution in [-0.4, -0.2) is 21.0 Å². The second-order valence-corrected chi connectivity index (χ2v) is 5.42. The molecule has 1 aliphatic rings. The SMILES string of the molecule is CCCn1ncc(Cl)c1C(O)C1Cc2ccccc2O1. The molecule has 2 heterocycles. The number of aryl methyl sites for hydroxylation is 1. The molecule has 106 valence electrons. The van der Waals surface area contributed by atoms with Gasteiger partial charge in [0.2, 0.25) is 0 Å². The first-order valence-corrected chi connectivity index (χ1v) is 7.22. The van der Waals surface area contributed by atoms with E-state index in [1.807, 2.05) is 24.3 Å². The van der Waals surface area contributed by atoms with Gasteiger partial charge in [-0.2, -0.15) is 5.10 Å². The number of aliphatic hydroxyl groups is 1. The zero-order valence-corrected chi connectivity index (χ0v) is 12.0. The van der Waals surface area contributed by atoms with Crippen LogP contribution in [0, 0.1) is 0 Å². The van der Waals surface area contributed by atoms with Crippen molar-refractivity contribution in [3.05, 3.63) is 46.7 Å². The van der Waals surface area contributed by atoms with Gasteiger partial charge in [-0.25, -0.2) is 0 Å². The van der Waals surface area contributed by atoms with E-state index in [2.05, 4.69) is 12.0 Å². The third-order valence-corrected chi connectivity index (χ3v) is 3.86. The monoisotopic (exact) mass is 292 g/mol. The fourth-order valence-corrected chi connectivity index (χ4v) is 2.87. The van der Waals surface area contributed by atoms with Crippen molar-refractivity contribution >= 4 is 11.6 Å². The number of fused-ring (bicyclic) bond motifs is 1. The second kappa shape index (κ2) is 5.46. The van der Waals surface area contributed by atoms with Crippen LogP contribution in [0.3, 0.4) is 0 Å². The van der Waals surface area contributed by atoms with Crippen molar-refractivity contribution in [3.63, 3.8) is 0 Å². The molecule has 3 rings (SSSR count). The highest BCUT2D eigenvalue weighted by Gasteiger charge is 2.33. The zero-order chi connectivity index (χ0) is 14.1. The molecule has 1 aliphatic heterocycles. The lowest BCUT2D eigenvalue weighted by Gasteiger charge is -2.19. The van der Waals surface area contributed by atoms with Crippen LogP contribution in [0.15, 0.2) is 30.5 Å². The van der Waals surface area contributed by atoms with Crippen molar-refractivity contribution in [2.75, 3.05) is 0 Å². The molecule has 0 saturated heterocycles. The van der Waals surface area contributed by atoms with E-state index in [0.29, 0.717) is 17.1 Å². The van der Waals surface area contributed by atoms with Gasteiger partial charge in [-0.15, -0.1) is 0 Å². The van der Waals surface area contributed by atoms with Crippen LogP contribution in [0.5, 0.6) is 5.75 Å². The number of benzene rings is 1. The first-order valence-electron chi connectivity index (χ1n) is 6.84. The topological polar surface area (TPSA) is 47.3 Å². The quantitative estimate of drug-likeness (QED) is 0.942. The average Bonchev–Trinajstić information content (AvgIpc) is 3.02. The van der Waals surface area contributed by atoms with Crippen molar-refractivity contribution < 1.29 is 9.84 Å². The summed E-state index contributed by atoms with van der Waals surface area (Å²) in [5, 5.41) is 15.3. The van der Waals surface area contributed by atoms with Crippen molar-refractivity contribution in [1.29, 1.82) is 0 Å². The number of hydrogen-bond donors (Lipinski definition) is 1. The summed E-state index contributed by atoms with van der Waals surface area (Å²) >= 11 is 6.17. The normalized spacial score (nSPS) is 18.6. The molecule has 0 radical (unpaired) electrons. The molecule has 2 atom stereocenters. The summed E-state index contributed by atoms with van der Waals surface area (Å²) in [5.74, 6) is 0.842. The highest BCUT2D eigenvalue weighted by molar-refractivity contribution is 6.31. The third-order valence-electron chi connectivity index (χ3n) is 3.57. The maximum absolute atomic E-state index is 10.6. The summed E-state index contributed by atoms with van der Waals surface area (Å²) in [5.41, 5.74) is 1.76. The summed E-state index contributed by atoms with van der Waals surface area (Å²) < 4.78 is 7.59. The zero-order valence-electron chi connectivity index (χ0n) is 11.3. The van der Waals surface area contributed by atoms with E-state index in [1.54, 1.807) is 10.9 Å². The molecule has 20 heavy (non-hydrogen) atoms. The Hall–Kier alpha value is -1.52. The molecule has 4 nitrogen and oxygen atoms in total. The molecule has 2 aromatic rings. The molecule has 2 unspecified atom stereocenters. The average molecular weight is 293 g/mol. The van der Waals surface area contributed by atoms with E-state index < -0.39 is 6.10 Å². The Morgan fingerprint density at radius 2 is 2.30 bits per heavy atom. The molecule has 0 saturated carbocycles. The van der Waals surface area contributed by atoms with Crippen LogP contribution in [0.4, 0.5) is 0 Å². The van der Waals surface area contributed by atoms with Crippen molar-refractivity contribution in [1.82, 2.24) is 9.78 Å². The van der Waals surface area contributed by atoms with Gasteiger partial charge in [-0.05, 0) is 18.1 Å². The van der Waals surface area contributed by atoms with Crippen molar-refractivity contribution in [2.45, 2.75) is 38.5 Å². The number of aromatic nitrogens is 2. The maximum Gasteiger partial charge on any atom is 0.134 e. The molecule has 1 N–H and O–H groups in total. The predicted molar refractivity (Wildman–Crippen MR) is 77.0 cm³/mol. The van der Waals surface area contributed by atoms with E-state index in [1.165, 1.54) is 0 Å². The van der Waals surface area contributed by atoms with Gasteiger partial charge in [0.25, 0.3) is 0 Å². The van der Waals surface area contributed by atoms with E-state index in [0.717, 1.165) is 24.3 Å². The lowest BCUT2D eigenvalue weighted by Crippen LogP contribution is -2.25. The van der Waals surface area contributed by atoms with E-state index in [-0.39, 0.29) is 6.10 Å². The summed E-state index contributed by atoms with van der Waals surface area (Å²) in [6, 6.07) is 7.85. The number of para-hydroxylation sites is 1. The first-order chi connectivity index (χ1) is 9.70. The lowest BCUT2D eigenvalue weighted by molar-refractivity contribution is 0.0429. The van der Waals surface area contributed by atoms with Gasteiger partial charge in [0.05, 0.1) is 16.9 Å². The number of hydrogen-bond acceptors (Lipinski definition) is 3. The highest BCUT2D eigenvalue weighted by Crippen LogP contribution is 2.35.